The molecular formula is C15H24N2O4. The van der Waals surface area contributed by atoms with Gasteiger partial charge in [0.2, 0.25) is 11.8 Å². The van der Waals surface area contributed by atoms with E-state index in [0.29, 0.717) is 25.2 Å². The standard InChI is InChI=1S/C15H24N2O4/c18-13(3-1-5-15(20)21)16-9-6-12(7-10-16)11-17-8-2-4-14(17)19/h12H,1-11H2,(H,20,21). The molecule has 0 spiro atoms. The Morgan fingerprint density at radius 2 is 1.86 bits per heavy atom. The molecule has 0 radical (unpaired) electrons. The Morgan fingerprint density at radius 3 is 2.43 bits per heavy atom. The van der Waals surface area contributed by atoms with Crippen LogP contribution in [-0.4, -0.2) is 58.9 Å². The van der Waals surface area contributed by atoms with Crippen molar-refractivity contribution in [2.45, 2.75) is 44.9 Å². The van der Waals surface area contributed by atoms with E-state index >= 15 is 0 Å². The van der Waals surface area contributed by atoms with E-state index in [9.17, 15) is 14.4 Å². The lowest BCUT2D eigenvalue weighted by Crippen LogP contribution is -2.41. The molecule has 0 bridgehead atoms. The second-order valence-electron chi connectivity index (χ2n) is 6.01. The molecule has 2 heterocycles. The van der Waals surface area contributed by atoms with Crippen LogP contribution in [0.1, 0.15) is 44.9 Å². The SMILES string of the molecule is O=C(O)CCCC(=O)N1CCC(CN2CCCC2=O)CC1. The molecule has 2 rings (SSSR count). The first-order chi connectivity index (χ1) is 10.1. The Hall–Kier alpha value is -1.59. The maximum atomic E-state index is 12.0. The normalized spacial score (nSPS) is 20.1. The molecule has 21 heavy (non-hydrogen) atoms. The number of amides is 2. The van der Waals surface area contributed by atoms with Crippen molar-refractivity contribution in [1.82, 2.24) is 9.80 Å². The minimum atomic E-state index is -0.850. The van der Waals surface area contributed by atoms with Crippen LogP contribution in [0.2, 0.25) is 0 Å². The molecule has 1 N–H and O–H groups in total. The number of carbonyl (C=O) groups is 3. The Kier molecular flexibility index (Phi) is 5.59. The molecule has 2 saturated heterocycles. The number of piperidine rings is 1. The summed E-state index contributed by atoms with van der Waals surface area (Å²) >= 11 is 0. The van der Waals surface area contributed by atoms with Crippen LogP contribution in [0.25, 0.3) is 0 Å². The molecule has 0 atom stereocenters. The fourth-order valence-electron chi connectivity index (χ4n) is 3.12. The van der Waals surface area contributed by atoms with Gasteiger partial charge < -0.3 is 14.9 Å². The molecule has 0 saturated carbocycles. The first-order valence-corrected chi connectivity index (χ1v) is 7.83. The van der Waals surface area contributed by atoms with Crippen molar-refractivity contribution in [3.63, 3.8) is 0 Å². The van der Waals surface area contributed by atoms with Gasteiger partial charge in [-0.25, -0.2) is 0 Å². The van der Waals surface area contributed by atoms with Crippen LogP contribution >= 0.6 is 0 Å². The van der Waals surface area contributed by atoms with Crippen molar-refractivity contribution in [3.05, 3.63) is 0 Å². The highest BCUT2D eigenvalue weighted by atomic mass is 16.4. The number of likely N-dealkylation sites (tertiary alicyclic amines) is 2. The Morgan fingerprint density at radius 1 is 1.14 bits per heavy atom. The van der Waals surface area contributed by atoms with Crippen LogP contribution in [0.4, 0.5) is 0 Å². The zero-order chi connectivity index (χ0) is 15.2. The Bertz CT molecular complexity index is 402. The van der Waals surface area contributed by atoms with E-state index in [-0.39, 0.29) is 18.2 Å². The molecule has 6 nitrogen and oxygen atoms in total. The van der Waals surface area contributed by atoms with Crippen LogP contribution in [0.3, 0.4) is 0 Å². The van der Waals surface area contributed by atoms with Gasteiger partial charge in [0.1, 0.15) is 0 Å². The van der Waals surface area contributed by atoms with Gasteiger partial charge in [0.05, 0.1) is 0 Å². The summed E-state index contributed by atoms with van der Waals surface area (Å²) in [6.07, 6.45) is 4.32. The molecule has 118 valence electrons. The lowest BCUT2D eigenvalue weighted by Gasteiger charge is -2.34. The quantitative estimate of drug-likeness (QED) is 0.796. The maximum absolute atomic E-state index is 12.0. The third-order valence-corrected chi connectivity index (χ3v) is 4.40. The van der Waals surface area contributed by atoms with Crippen molar-refractivity contribution in [3.8, 4) is 0 Å². The van der Waals surface area contributed by atoms with Gasteiger partial charge in [0.25, 0.3) is 0 Å². The number of aliphatic carboxylic acids is 1. The number of carbonyl (C=O) groups excluding carboxylic acids is 2. The van der Waals surface area contributed by atoms with Crippen LogP contribution in [0, 0.1) is 5.92 Å². The van der Waals surface area contributed by atoms with E-state index in [1.165, 1.54) is 0 Å². The number of rotatable bonds is 6. The van der Waals surface area contributed by atoms with Gasteiger partial charge in [-0.1, -0.05) is 0 Å². The lowest BCUT2D eigenvalue weighted by atomic mass is 9.96. The minimum Gasteiger partial charge on any atom is -0.481 e. The second-order valence-corrected chi connectivity index (χ2v) is 6.01. The third-order valence-electron chi connectivity index (χ3n) is 4.40. The molecular weight excluding hydrogens is 272 g/mol. The summed E-state index contributed by atoms with van der Waals surface area (Å²) in [5.74, 6) is -0.0268. The van der Waals surface area contributed by atoms with E-state index in [1.807, 2.05) is 9.80 Å². The molecule has 2 amide bonds. The number of carboxylic acids is 1. The molecule has 0 aromatic rings. The first-order valence-electron chi connectivity index (χ1n) is 7.83. The molecule has 0 aliphatic carbocycles. The van der Waals surface area contributed by atoms with Crippen LogP contribution in [0.15, 0.2) is 0 Å². The molecule has 0 unspecified atom stereocenters. The van der Waals surface area contributed by atoms with Gasteiger partial charge in [-0.15, -0.1) is 0 Å². The average molecular weight is 296 g/mol. The second kappa shape index (κ2) is 7.43. The van der Waals surface area contributed by atoms with Crippen LogP contribution in [-0.2, 0) is 14.4 Å². The van der Waals surface area contributed by atoms with E-state index in [1.54, 1.807) is 0 Å². The summed E-state index contributed by atoms with van der Waals surface area (Å²) in [5.41, 5.74) is 0. The fraction of sp³-hybridized carbons (Fsp3) is 0.800. The topological polar surface area (TPSA) is 77.9 Å². The zero-order valence-corrected chi connectivity index (χ0v) is 12.4. The maximum Gasteiger partial charge on any atom is 0.303 e. The number of carboxylic acid groups (broad SMARTS) is 1. The first kappa shape index (κ1) is 15.8. The summed E-state index contributed by atoms with van der Waals surface area (Å²) in [5, 5.41) is 8.57. The van der Waals surface area contributed by atoms with Crippen molar-refractivity contribution in [1.29, 1.82) is 0 Å². The van der Waals surface area contributed by atoms with Crippen LogP contribution < -0.4 is 0 Å². The summed E-state index contributed by atoms with van der Waals surface area (Å²) in [7, 11) is 0. The molecule has 2 aliphatic heterocycles. The van der Waals surface area contributed by atoms with Gasteiger partial charge in [0, 0.05) is 45.4 Å². The van der Waals surface area contributed by atoms with Gasteiger partial charge in [-0.2, -0.15) is 0 Å². The summed E-state index contributed by atoms with van der Waals surface area (Å²) in [6.45, 7) is 3.18. The van der Waals surface area contributed by atoms with Crippen molar-refractivity contribution in [2.24, 2.45) is 5.92 Å². The van der Waals surface area contributed by atoms with Gasteiger partial charge in [0.15, 0.2) is 0 Å². The Labute approximate surface area is 125 Å². The largest absolute Gasteiger partial charge is 0.481 e. The molecule has 0 aromatic heterocycles. The predicted molar refractivity (Wildman–Crippen MR) is 76.6 cm³/mol. The van der Waals surface area contributed by atoms with E-state index < -0.39 is 5.97 Å². The fourth-order valence-corrected chi connectivity index (χ4v) is 3.12. The smallest absolute Gasteiger partial charge is 0.303 e. The monoisotopic (exact) mass is 296 g/mol. The van der Waals surface area contributed by atoms with Crippen molar-refractivity contribution in [2.75, 3.05) is 26.2 Å². The average Bonchev–Trinajstić information content (AvgIpc) is 2.84. The highest BCUT2D eigenvalue weighted by Gasteiger charge is 2.27. The van der Waals surface area contributed by atoms with Crippen molar-refractivity contribution < 1.29 is 19.5 Å². The number of hydrogen-bond acceptors (Lipinski definition) is 3. The van der Waals surface area contributed by atoms with Gasteiger partial charge >= 0.3 is 5.97 Å². The van der Waals surface area contributed by atoms with Crippen LogP contribution in [0.5, 0.6) is 0 Å². The predicted octanol–water partition coefficient (Wildman–Crippen LogP) is 1.10. The highest BCUT2D eigenvalue weighted by molar-refractivity contribution is 5.78. The van der Waals surface area contributed by atoms with Gasteiger partial charge in [-0.05, 0) is 31.6 Å². The molecule has 6 heteroatoms. The Balaban J connectivity index is 1.66. The van der Waals surface area contributed by atoms with E-state index in [2.05, 4.69) is 0 Å². The minimum absolute atomic E-state index is 0.0548. The molecule has 0 aromatic carbocycles. The highest BCUT2D eigenvalue weighted by Crippen LogP contribution is 2.21. The van der Waals surface area contributed by atoms with E-state index in [0.717, 1.165) is 45.4 Å². The van der Waals surface area contributed by atoms with Crippen molar-refractivity contribution >= 4 is 17.8 Å². The summed E-state index contributed by atoms with van der Waals surface area (Å²) < 4.78 is 0. The molecule has 2 aliphatic rings. The molecule has 2 fully saturated rings. The summed E-state index contributed by atoms with van der Waals surface area (Å²) in [6, 6.07) is 0. The lowest BCUT2D eigenvalue weighted by molar-refractivity contribution is -0.137. The summed E-state index contributed by atoms with van der Waals surface area (Å²) in [4.78, 5) is 37.8. The number of hydrogen-bond donors (Lipinski definition) is 1. The van der Waals surface area contributed by atoms with E-state index in [4.69, 9.17) is 5.11 Å². The third kappa shape index (κ3) is 4.72. The zero-order valence-electron chi connectivity index (χ0n) is 12.4. The van der Waals surface area contributed by atoms with Gasteiger partial charge in [-0.3, -0.25) is 14.4 Å². The number of nitrogens with zero attached hydrogens (tertiary/aromatic N) is 2.